The van der Waals surface area contributed by atoms with Crippen LogP contribution in [0.25, 0.3) is 0 Å². The van der Waals surface area contributed by atoms with Gasteiger partial charge in [0.15, 0.2) is 0 Å². The summed E-state index contributed by atoms with van der Waals surface area (Å²) in [7, 11) is 2.50. The summed E-state index contributed by atoms with van der Waals surface area (Å²) in [6, 6.07) is 8.50. The Labute approximate surface area is 139 Å². The van der Waals surface area contributed by atoms with Crippen molar-refractivity contribution in [2.75, 3.05) is 14.2 Å². The van der Waals surface area contributed by atoms with Crippen LogP contribution < -0.4 is 20.1 Å². The summed E-state index contributed by atoms with van der Waals surface area (Å²) in [5.74, 6) is 1.87. The van der Waals surface area contributed by atoms with Crippen LogP contribution in [-0.4, -0.2) is 14.2 Å². The van der Waals surface area contributed by atoms with Crippen LogP contribution in [0.1, 0.15) is 22.3 Å². The summed E-state index contributed by atoms with van der Waals surface area (Å²) in [5.41, 5.74) is 4.47. The molecule has 118 valence electrons. The third kappa shape index (κ3) is 3.24. The number of aryl methyl sites for hydroxylation is 4. The van der Waals surface area contributed by atoms with E-state index in [1.165, 1.54) is 0 Å². The molecule has 0 spiro atoms. The average molecular weight is 337 g/mol. The zero-order valence-corrected chi connectivity index (χ0v) is 15.6. The van der Waals surface area contributed by atoms with E-state index >= 15 is 0 Å². The van der Waals surface area contributed by atoms with Gasteiger partial charge in [-0.2, -0.15) is 0 Å². The lowest BCUT2D eigenvalue weighted by molar-refractivity contribution is 0.408. The molecule has 0 saturated carbocycles. The molecule has 0 radical (unpaired) electrons. The molecule has 0 unspecified atom stereocenters. The lowest BCUT2D eigenvalue weighted by atomic mass is 10.1. The van der Waals surface area contributed by atoms with Crippen molar-refractivity contribution in [1.82, 2.24) is 0 Å². The first-order valence-corrected chi connectivity index (χ1v) is 9.40. The number of methoxy groups -OCH3 is 2. The van der Waals surface area contributed by atoms with E-state index in [2.05, 4.69) is 52.0 Å². The fourth-order valence-corrected chi connectivity index (χ4v) is 4.99. The number of halogens is 1. The third-order valence-electron chi connectivity index (χ3n) is 3.75. The number of ether oxygens (including phenoxy) is 2. The summed E-state index contributed by atoms with van der Waals surface area (Å²) < 4.78 is 10.9. The van der Waals surface area contributed by atoms with Crippen molar-refractivity contribution >= 4 is 29.1 Å². The van der Waals surface area contributed by atoms with Gasteiger partial charge >= 0.3 is 0 Å². The Bertz CT molecular complexity index is 592. The first-order chi connectivity index (χ1) is 10.4. The second-order valence-corrected chi connectivity index (χ2v) is 8.12. The van der Waals surface area contributed by atoms with Gasteiger partial charge in [0.1, 0.15) is 11.5 Å². The van der Waals surface area contributed by atoms with Crippen molar-refractivity contribution in [1.29, 1.82) is 0 Å². The highest BCUT2D eigenvalue weighted by Gasteiger charge is 2.16. The molecule has 0 aliphatic heterocycles. The molecule has 2 aromatic carbocycles. The number of benzene rings is 2. The highest BCUT2D eigenvalue weighted by molar-refractivity contribution is 7.95. The van der Waals surface area contributed by atoms with Crippen LogP contribution in [0.2, 0.25) is 0 Å². The minimum absolute atomic E-state index is 0.909. The monoisotopic (exact) mass is 336 g/mol. The van der Waals surface area contributed by atoms with Gasteiger partial charge < -0.3 is 9.47 Å². The third-order valence-corrected chi connectivity index (χ3v) is 6.35. The molecule has 4 heteroatoms. The van der Waals surface area contributed by atoms with Crippen LogP contribution in [0.15, 0.2) is 24.3 Å². The van der Waals surface area contributed by atoms with E-state index in [1.807, 2.05) is 0 Å². The molecule has 0 aromatic heterocycles. The normalized spacial score (nSPS) is 10.9. The molecule has 0 saturated heterocycles. The summed E-state index contributed by atoms with van der Waals surface area (Å²) in [5, 5.41) is 2.30. The van der Waals surface area contributed by atoms with E-state index in [-0.39, 0.29) is 0 Å². The van der Waals surface area contributed by atoms with Gasteiger partial charge in [0.2, 0.25) is 0 Å². The minimum atomic E-state index is -0.909. The maximum Gasteiger partial charge on any atom is 0.124 e. The van der Waals surface area contributed by atoms with Crippen LogP contribution in [-0.2, 0) is 0 Å². The van der Waals surface area contributed by atoms with E-state index in [9.17, 15) is 0 Å². The van der Waals surface area contributed by atoms with Crippen molar-refractivity contribution in [3.63, 3.8) is 0 Å². The Morgan fingerprint density at radius 1 is 0.682 bits per heavy atom. The Morgan fingerprint density at radius 3 is 1.18 bits per heavy atom. The largest absolute Gasteiger partial charge is 0.496 e. The van der Waals surface area contributed by atoms with Crippen LogP contribution in [0.4, 0.5) is 0 Å². The molecule has 0 bridgehead atoms. The quantitative estimate of drug-likeness (QED) is 0.764. The van der Waals surface area contributed by atoms with E-state index in [4.69, 9.17) is 20.7 Å². The Kier molecular flexibility index (Phi) is 5.36. The highest BCUT2D eigenvalue weighted by atomic mass is 35.7. The van der Waals surface area contributed by atoms with Crippen LogP contribution >= 0.6 is 18.5 Å². The highest BCUT2D eigenvalue weighted by Crippen LogP contribution is 2.42. The Hall–Kier alpha value is -1.24. The molecule has 22 heavy (non-hydrogen) atoms. The summed E-state index contributed by atoms with van der Waals surface area (Å²) in [6.07, 6.45) is 0. The Morgan fingerprint density at radius 2 is 0.955 bits per heavy atom. The first kappa shape index (κ1) is 17.1. The fourth-order valence-electron chi connectivity index (χ4n) is 2.87. The zero-order chi connectivity index (χ0) is 16.4. The summed E-state index contributed by atoms with van der Waals surface area (Å²) in [6.45, 7) is 8.22. The summed E-state index contributed by atoms with van der Waals surface area (Å²) in [4.78, 5) is 0. The molecule has 0 N–H and O–H groups in total. The van der Waals surface area contributed by atoms with E-state index in [0.717, 1.165) is 44.4 Å². The maximum absolute atomic E-state index is 6.79. The smallest absolute Gasteiger partial charge is 0.124 e. The second kappa shape index (κ2) is 6.89. The van der Waals surface area contributed by atoms with Gasteiger partial charge in [-0.3, -0.25) is 0 Å². The van der Waals surface area contributed by atoms with Gasteiger partial charge in [0.25, 0.3) is 0 Å². The van der Waals surface area contributed by atoms with Gasteiger partial charge in [-0.15, -0.1) is 0 Å². The first-order valence-electron chi connectivity index (χ1n) is 7.15. The van der Waals surface area contributed by atoms with E-state index < -0.39 is 7.27 Å². The van der Waals surface area contributed by atoms with Gasteiger partial charge in [-0.25, -0.2) is 0 Å². The van der Waals surface area contributed by atoms with Crippen molar-refractivity contribution in [2.24, 2.45) is 0 Å². The maximum atomic E-state index is 6.79. The molecule has 0 aliphatic carbocycles. The SMILES string of the molecule is COc1c(C)cc(P(Cl)c2cc(C)c(OC)c(C)c2)cc1C. The number of hydrogen-bond donors (Lipinski definition) is 0. The molecule has 2 rings (SSSR count). The van der Waals surface area contributed by atoms with Crippen molar-refractivity contribution in [2.45, 2.75) is 27.7 Å². The van der Waals surface area contributed by atoms with Gasteiger partial charge in [-0.05, 0) is 84.8 Å². The van der Waals surface area contributed by atoms with E-state index in [0.29, 0.717) is 0 Å². The van der Waals surface area contributed by atoms with Gasteiger partial charge in [0, 0.05) is 0 Å². The standard InChI is InChI=1S/C18H22ClO2P/c1-11-7-15(8-12(2)17(11)20-5)22(19)16-9-13(3)18(21-6)14(4)10-16/h7-10H,1-6H3. The predicted octanol–water partition coefficient (Wildman–Crippen LogP) is 4.52. The molecule has 2 aromatic rings. The number of hydrogen-bond acceptors (Lipinski definition) is 2. The number of rotatable bonds is 4. The van der Waals surface area contributed by atoms with Crippen LogP contribution in [0.3, 0.4) is 0 Å². The van der Waals surface area contributed by atoms with Crippen LogP contribution in [0.5, 0.6) is 11.5 Å². The summed E-state index contributed by atoms with van der Waals surface area (Å²) >= 11 is 6.79. The van der Waals surface area contributed by atoms with Crippen molar-refractivity contribution in [3.05, 3.63) is 46.5 Å². The molecule has 0 aliphatic rings. The molecule has 0 amide bonds. The topological polar surface area (TPSA) is 18.5 Å². The van der Waals surface area contributed by atoms with Crippen molar-refractivity contribution in [3.8, 4) is 11.5 Å². The fraction of sp³-hybridized carbons (Fsp3) is 0.333. The molecule has 0 fully saturated rings. The molecule has 0 heterocycles. The lowest BCUT2D eigenvalue weighted by Crippen LogP contribution is -2.12. The lowest BCUT2D eigenvalue weighted by Gasteiger charge is -2.17. The molecule has 2 nitrogen and oxygen atoms in total. The second-order valence-electron chi connectivity index (χ2n) is 5.51. The molecular weight excluding hydrogens is 315 g/mol. The zero-order valence-electron chi connectivity index (χ0n) is 14.0. The van der Waals surface area contributed by atoms with Gasteiger partial charge in [-0.1, -0.05) is 11.2 Å². The minimum Gasteiger partial charge on any atom is -0.496 e. The molecular formula is C18H22ClO2P. The van der Waals surface area contributed by atoms with Gasteiger partial charge in [0.05, 0.1) is 21.5 Å². The van der Waals surface area contributed by atoms with E-state index in [1.54, 1.807) is 14.2 Å². The Balaban J connectivity index is 2.46. The predicted molar refractivity (Wildman–Crippen MR) is 97.0 cm³/mol. The van der Waals surface area contributed by atoms with Crippen molar-refractivity contribution < 1.29 is 9.47 Å². The van der Waals surface area contributed by atoms with Crippen LogP contribution in [0, 0.1) is 27.7 Å². The average Bonchev–Trinajstić information content (AvgIpc) is 2.45. The molecule has 0 atom stereocenters.